The molecule has 1 aromatic carbocycles. The lowest BCUT2D eigenvalue weighted by Crippen LogP contribution is -2.33. The number of aryl methyl sites for hydroxylation is 1. The SMILES string of the molecule is Cc1nn(CC(F)(F)F)c(C)c1C(C)C(=O)NC(CC(=O)O)c1ccccc1. The highest BCUT2D eigenvalue weighted by Crippen LogP contribution is 2.27. The summed E-state index contributed by atoms with van der Waals surface area (Å²) in [6, 6.07) is 7.89. The molecule has 0 saturated carbocycles. The minimum absolute atomic E-state index is 0.256. The third kappa shape index (κ3) is 5.34. The number of carboxylic acid groups (broad SMARTS) is 1. The highest BCUT2D eigenvalue weighted by atomic mass is 19.4. The molecule has 2 aromatic rings. The third-order valence-corrected chi connectivity index (χ3v) is 4.49. The van der Waals surface area contributed by atoms with Crippen molar-refractivity contribution in [2.45, 2.75) is 51.9 Å². The van der Waals surface area contributed by atoms with Crippen molar-refractivity contribution in [1.29, 1.82) is 0 Å². The number of nitrogens with zero attached hydrogens (tertiary/aromatic N) is 2. The van der Waals surface area contributed by atoms with E-state index < -0.39 is 36.6 Å². The summed E-state index contributed by atoms with van der Waals surface area (Å²) in [5.74, 6) is -2.35. The summed E-state index contributed by atoms with van der Waals surface area (Å²) in [6.07, 6.45) is -4.74. The van der Waals surface area contributed by atoms with Crippen molar-refractivity contribution in [3.8, 4) is 0 Å². The molecule has 0 saturated heterocycles. The van der Waals surface area contributed by atoms with Gasteiger partial charge in [0, 0.05) is 11.3 Å². The lowest BCUT2D eigenvalue weighted by atomic mass is 9.96. The van der Waals surface area contributed by atoms with Gasteiger partial charge < -0.3 is 10.4 Å². The molecule has 2 unspecified atom stereocenters. The Hall–Kier alpha value is -2.84. The van der Waals surface area contributed by atoms with E-state index in [2.05, 4.69) is 10.4 Å². The lowest BCUT2D eigenvalue weighted by Gasteiger charge is -2.21. The minimum Gasteiger partial charge on any atom is -0.481 e. The predicted molar refractivity (Wildman–Crippen MR) is 95.7 cm³/mol. The molecule has 0 bridgehead atoms. The fourth-order valence-corrected chi connectivity index (χ4v) is 3.20. The van der Waals surface area contributed by atoms with Crippen molar-refractivity contribution in [3.05, 3.63) is 52.8 Å². The Balaban J connectivity index is 2.24. The van der Waals surface area contributed by atoms with Gasteiger partial charge in [0.25, 0.3) is 0 Å². The number of aliphatic carboxylic acids is 1. The summed E-state index contributed by atoms with van der Waals surface area (Å²) >= 11 is 0. The van der Waals surface area contributed by atoms with Gasteiger partial charge in [0.05, 0.1) is 24.1 Å². The molecule has 2 N–H and O–H groups in total. The average molecular weight is 397 g/mol. The van der Waals surface area contributed by atoms with Crippen LogP contribution in [0.4, 0.5) is 13.2 Å². The summed E-state index contributed by atoms with van der Waals surface area (Å²) < 4.78 is 39.0. The van der Waals surface area contributed by atoms with E-state index in [1.54, 1.807) is 44.2 Å². The first-order chi connectivity index (χ1) is 13.0. The monoisotopic (exact) mass is 397 g/mol. The number of rotatable bonds is 7. The van der Waals surface area contributed by atoms with Gasteiger partial charge in [-0.05, 0) is 26.3 Å². The van der Waals surface area contributed by atoms with Gasteiger partial charge >= 0.3 is 12.1 Å². The second kappa shape index (κ2) is 8.45. The van der Waals surface area contributed by atoms with Gasteiger partial charge in [-0.3, -0.25) is 14.3 Å². The molecule has 0 aliphatic carbocycles. The third-order valence-electron chi connectivity index (χ3n) is 4.49. The van der Waals surface area contributed by atoms with Gasteiger partial charge in [-0.25, -0.2) is 0 Å². The Morgan fingerprint density at radius 3 is 2.36 bits per heavy atom. The van der Waals surface area contributed by atoms with Crippen molar-refractivity contribution in [1.82, 2.24) is 15.1 Å². The topological polar surface area (TPSA) is 84.2 Å². The minimum atomic E-state index is -4.42. The zero-order valence-electron chi connectivity index (χ0n) is 15.7. The van der Waals surface area contributed by atoms with Gasteiger partial charge in [0.15, 0.2) is 0 Å². The smallest absolute Gasteiger partial charge is 0.408 e. The summed E-state index contributed by atoms with van der Waals surface area (Å²) in [6.45, 7) is 3.36. The molecule has 28 heavy (non-hydrogen) atoms. The van der Waals surface area contributed by atoms with E-state index in [-0.39, 0.29) is 12.1 Å². The van der Waals surface area contributed by atoms with Crippen LogP contribution in [0.3, 0.4) is 0 Å². The van der Waals surface area contributed by atoms with E-state index in [0.717, 1.165) is 4.68 Å². The van der Waals surface area contributed by atoms with Crippen LogP contribution in [-0.4, -0.2) is 32.9 Å². The van der Waals surface area contributed by atoms with Crippen LogP contribution < -0.4 is 5.32 Å². The maximum Gasteiger partial charge on any atom is 0.408 e. The van der Waals surface area contributed by atoms with Crippen LogP contribution in [0.2, 0.25) is 0 Å². The molecule has 6 nitrogen and oxygen atoms in total. The number of amides is 1. The quantitative estimate of drug-likeness (QED) is 0.749. The molecule has 9 heteroatoms. The second-order valence-corrected chi connectivity index (χ2v) is 6.65. The van der Waals surface area contributed by atoms with Crippen LogP contribution in [0.25, 0.3) is 0 Å². The van der Waals surface area contributed by atoms with Crippen molar-refractivity contribution >= 4 is 11.9 Å². The molecule has 1 amide bonds. The molecule has 2 rings (SSSR count). The summed E-state index contributed by atoms with van der Waals surface area (Å²) in [5, 5.41) is 15.7. The first kappa shape index (κ1) is 21.5. The van der Waals surface area contributed by atoms with Crippen LogP contribution in [0.15, 0.2) is 30.3 Å². The predicted octanol–water partition coefficient (Wildman–Crippen LogP) is 3.50. The zero-order valence-corrected chi connectivity index (χ0v) is 15.7. The van der Waals surface area contributed by atoms with Crippen molar-refractivity contribution in [2.24, 2.45) is 0 Å². The number of aromatic nitrogens is 2. The Morgan fingerprint density at radius 2 is 1.82 bits per heavy atom. The van der Waals surface area contributed by atoms with E-state index in [9.17, 15) is 22.8 Å². The fraction of sp³-hybridized carbons (Fsp3) is 0.421. The van der Waals surface area contributed by atoms with Crippen LogP contribution in [0, 0.1) is 13.8 Å². The van der Waals surface area contributed by atoms with Gasteiger partial charge in [0.1, 0.15) is 6.54 Å². The first-order valence-electron chi connectivity index (χ1n) is 8.67. The number of hydrogen-bond donors (Lipinski definition) is 2. The fourth-order valence-electron chi connectivity index (χ4n) is 3.20. The Bertz CT molecular complexity index is 847. The standard InChI is InChI=1S/C19H22F3N3O3/c1-11(17-12(2)24-25(13(17)3)10-19(20,21)22)18(28)23-15(9-16(26)27)14-7-5-4-6-8-14/h4-8,11,15H,9-10H2,1-3H3,(H,23,28)(H,26,27). The van der Waals surface area contributed by atoms with Crippen molar-refractivity contribution in [2.75, 3.05) is 0 Å². The maximum absolute atomic E-state index is 12.7. The molecule has 2 atom stereocenters. The molecule has 0 radical (unpaired) electrons. The highest BCUT2D eigenvalue weighted by molar-refractivity contribution is 5.84. The van der Waals surface area contributed by atoms with E-state index >= 15 is 0 Å². The largest absolute Gasteiger partial charge is 0.481 e. The van der Waals surface area contributed by atoms with E-state index in [0.29, 0.717) is 16.8 Å². The summed E-state index contributed by atoms with van der Waals surface area (Å²) in [5.41, 5.74) is 1.63. The normalized spacial score (nSPS) is 13.8. The molecule has 0 aliphatic rings. The number of hydrogen-bond acceptors (Lipinski definition) is 3. The Labute approximate surface area is 160 Å². The molecule has 152 valence electrons. The number of halogens is 3. The van der Waals surface area contributed by atoms with Crippen LogP contribution in [-0.2, 0) is 16.1 Å². The summed E-state index contributed by atoms with van der Waals surface area (Å²) in [7, 11) is 0. The number of carbonyl (C=O) groups excluding carboxylic acids is 1. The number of alkyl halides is 3. The molecule has 1 heterocycles. The van der Waals surface area contributed by atoms with E-state index in [4.69, 9.17) is 5.11 Å². The molecule has 1 aromatic heterocycles. The first-order valence-corrected chi connectivity index (χ1v) is 8.67. The lowest BCUT2D eigenvalue weighted by molar-refractivity contribution is -0.143. The van der Waals surface area contributed by atoms with Gasteiger partial charge in [-0.1, -0.05) is 30.3 Å². The number of carbonyl (C=O) groups is 2. The summed E-state index contributed by atoms with van der Waals surface area (Å²) in [4.78, 5) is 23.9. The van der Waals surface area contributed by atoms with Gasteiger partial charge in [-0.2, -0.15) is 18.3 Å². The van der Waals surface area contributed by atoms with E-state index in [1.807, 2.05) is 0 Å². The van der Waals surface area contributed by atoms with Crippen LogP contribution >= 0.6 is 0 Å². The average Bonchev–Trinajstić information content (AvgIpc) is 2.85. The maximum atomic E-state index is 12.7. The van der Waals surface area contributed by atoms with Gasteiger partial charge in [-0.15, -0.1) is 0 Å². The molecule has 0 spiro atoms. The van der Waals surface area contributed by atoms with E-state index in [1.165, 1.54) is 6.92 Å². The molecular weight excluding hydrogens is 375 g/mol. The molecule has 0 fully saturated rings. The Kier molecular flexibility index (Phi) is 6.48. The second-order valence-electron chi connectivity index (χ2n) is 6.65. The molecule has 0 aliphatic heterocycles. The van der Waals surface area contributed by atoms with Gasteiger partial charge in [0.2, 0.25) is 5.91 Å². The number of carboxylic acids is 1. The molecular formula is C19H22F3N3O3. The zero-order chi connectivity index (χ0) is 21.1. The highest BCUT2D eigenvalue weighted by Gasteiger charge is 2.32. The van der Waals surface area contributed by atoms with Crippen LogP contribution in [0.5, 0.6) is 0 Å². The number of benzene rings is 1. The van der Waals surface area contributed by atoms with Crippen LogP contribution in [0.1, 0.15) is 47.8 Å². The van der Waals surface area contributed by atoms with Crippen molar-refractivity contribution in [3.63, 3.8) is 0 Å². The van der Waals surface area contributed by atoms with Crippen molar-refractivity contribution < 1.29 is 27.9 Å². The Morgan fingerprint density at radius 1 is 1.21 bits per heavy atom. The number of nitrogens with one attached hydrogen (secondary N) is 1.